The predicted molar refractivity (Wildman–Crippen MR) is 92.3 cm³/mol. The number of rotatable bonds is 4. The predicted octanol–water partition coefficient (Wildman–Crippen LogP) is 3.84. The van der Waals surface area contributed by atoms with Crippen LogP contribution in [0.5, 0.6) is 0 Å². The quantitative estimate of drug-likeness (QED) is 0.828. The Morgan fingerprint density at radius 3 is 2.67 bits per heavy atom. The number of hydrogen-bond acceptors (Lipinski definition) is 3. The van der Waals surface area contributed by atoms with Crippen molar-refractivity contribution in [2.24, 2.45) is 12.8 Å². The maximum absolute atomic E-state index is 6.24. The third-order valence-corrected chi connectivity index (χ3v) is 4.02. The van der Waals surface area contributed by atoms with Gasteiger partial charge in [0.25, 0.3) is 0 Å². The molecule has 21 heavy (non-hydrogen) atoms. The van der Waals surface area contributed by atoms with Gasteiger partial charge in [-0.25, -0.2) is 0 Å². The average molecular weight is 343 g/mol. The molecule has 0 bridgehead atoms. The van der Waals surface area contributed by atoms with Crippen LogP contribution < -0.4 is 11.1 Å². The van der Waals surface area contributed by atoms with Crippen LogP contribution in [0.15, 0.2) is 18.2 Å². The number of anilines is 1. The number of aryl methyl sites for hydroxylation is 2. The lowest BCUT2D eigenvalue weighted by Crippen LogP contribution is -2.16. The highest BCUT2D eigenvalue weighted by molar-refractivity contribution is 7.80. The molecule has 1 heterocycles. The molecule has 1 aromatic heterocycles. The number of hydrogen-bond donors (Lipinski definition) is 2. The molecule has 0 fully saturated rings. The van der Waals surface area contributed by atoms with E-state index in [0.717, 1.165) is 22.6 Å². The van der Waals surface area contributed by atoms with Crippen molar-refractivity contribution in [2.45, 2.75) is 19.9 Å². The first-order valence-corrected chi connectivity index (χ1v) is 7.52. The summed E-state index contributed by atoms with van der Waals surface area (Å²) in [5.41, 5.74) is 8.27. The van der Waals surface area contributed by atoms with Crippen LogP contribution in [-0.2, 0) is 7.05 Å². The summed E-state index contributed by atoms with van der Waals surface area (Å²) in [6.45, 7) is 3.88. The minimum Gasteiger partial charge on any atom is -0.389 e. The van der Waals surface area contributed by atoms with Crippen molar-refractivity contribution >= 4 is 46.2 Å². The molecular weight excluding hydrogens is 327 g/mol. The van der Waals surface area contributed by atoms with E-state index in [1.165, 1.54) is 0 Å². The Hall–Kier alpha value is -1.30. The zero-order valence-corrected chi connectivity index (χ0v) is 14.3. The first kappa shape index (κ1) is 16.1. The molecule has 4 nitrogen and oxygen atoms in total. The Kier molecular flexibility index (Phi) is 4.76. The van der Waals surface area contributed by atoms with Gasteiger partial charge in [-0.3, -0.25) is 4.68 Å². The van der Waals surface area contributed by atoms with Crippen LogP contribution in [0.2, 0.25) is 10.0 Å². The van der Waals surface area contributed by atoms with Gasteiger partial charge in [0, 0.05) is 17.1 Å². The summed E-state index contributed by atoms with van der Waals surface area (Å²) in [5.74, 6) is 0.776. The molecule has 0 saturated carbocycles. The van der Waals surface area contributed by atoms with E-state index in [0.29, 0.717) is 15.0 Å². The molecule has 112 valence electrons. The lowest BCUT2D eigenvalue weighted by Gasteiger charge is -2.18. The Morgan fingerprint density at radius 2 is 2.10 bits per heavy atom. The van der Waals surface area contributed by atoms with Gasteiger partial charge in [-0.15, -0.1) is 0 Å². The van der Waals surface area contributed by atoms with Crippen molar-refractivity contribution in [3.8, 4) is 0 Å². The van der Waals surface area contributed by atoms with Gasteiger partial charge in [0.2, 0.25) is 0 Å². The van der Waals surface area contributed by atoms with Crippen molar-refractivity contribution in [1.82, 2.24) is 9.78 Å². The van der Waals surface area contributed by atoms with Gasteiger partial charge in [-0.05, 0) is 31.5 Å². The molecule has 3 N–H and O–H groups in total. The highest BCUT2D eigenvalue weighted by Crippen LogP contribution is 2.30. The van der Waals surface area contributed by atoms with Gasteiger partial charge in [0.15, 0.2) is 0 Å². The number of halogens is 2. The maximum atomic E-state index is 6.24. The van der Waals surface area contributed by atoms with Gasteiger partial charge < -0.3 is 11.1 Å². The normalized spacial score (nSPS) is 12.2. The summed E-state index contributed by atoms with van der Waals surface area (Å²) in [6, 6.07) is 5.38. The molecule has 1 unspecified atom stereocenters. The van der Waals surface area contributed by atoms with E-state index in [-0.39, 0.29) is 6.04 Å². The molecule has 0 aliphatic rings. The van der Waals surface area contributed by atoms with Crippen molar-refractivity contribution in [1.29, 1.82) is 0 Å². The molecule has 0 radical (unpaired) electrons. The molecule has 2 rings (SSSR count). The van der Waals surface area contributed by atoms with Crippen molar-refractivity contribution in [2.75, 3.05) is 5.32 Å². The molecule has 0 saturated heterocycles. The second kappa shape index (κ2) is 6.22. The molecule has 2 aromatic rings. The van der Waals surface area contributed by atoms with E-state index in [1.807, 2.05) is 33.0 Å². The van der Waals surface area contributed by atoms with Crippen LogP contribution >= 0.6 is 35.4 Å². The number of nitrogens with one attached hydrogen (secondary N) is 1. The second-order valence-corrected chi connectivity index (χ2v) is 6.11. The number of benzene rings is 1. The average Bonchev–Trinajstić information content (AvgIpc) is 2.63. The van der Waals surface area contributed by atoms with E-state index < -0.39 is 0 Å². The third kappa shape index (κ3) is 3.31. The largest absolute Gasteiger partial charge is 0.389 e. The lowest BCUT2D eigenvalue weighted by molar-refractivity contribution is 0.742. The number of nitrogens with zero attached hydrogens (tertiary/aromatic N) is 2. The van der Waals surface area contributed by atoms with Crippen molar-refractivity contribution in [3.05, 3.63) is 45.1 Å². The van der Waals surface area contributed by atoms with Gasteiger partial charge in [-0.2, -0.15) is 5.10 Å². The van der Waals surface area contributed by atoms with Gasteiger partial charge in [0.05, 0.1) is 17.3 Å². The number of nitrogens with two attached hydrogens (primary N) is 1. The minimum atomic E-state index is -0.0438. The zero-order chi connectivity index (χ0) is 15.7. The summed E-state index contributed by atoms with van der Waals surface area (Å²) in [5, 5.41) is 8.93. The van der Waals surface area contributed by atoms with Crippen LogP contribution in [-0.4, -0.2) is 14.8 Å². The van der Waals surface area contributed by atoms with E-state index in [2.05, 4.69) is 10.4 Å². The first-order valence-electron chi connectivity index (χ1n) is 6.36. The lowest BCUT2D eigenvalue weighted by atomic mass is 10.1. The SMILES string of the molecule is Cc1nn(C)c(NC(C)c2ccc(Cl)cc2Cl)c1C(N)=S. The number of aromatic nitrogens is 2. The Morgan fingerprint density at radius 1 is 1.43 bits per heavy atom. The Labute approximate surface area is 139 Å². The Balaban J connectivity index is 2.36. The van der Waals surface area contributed by atoms with Gasteiger partial charge in [-0.1, -0.05) is 41.5 Å². The maximum Gasteiger partial charge on any atom is 0.135 e. The van der Waals surface area contributed by atoms with Crippen LogP contribution in [0, 0.1) is 6.92 Å². The fraction of sp³-hybridized carbons (Fsp3) is 0.286. The van der Waals surface area contributed by atoms with E-state index in [9.17, 15) is 0 Å². The van der Waals surface area contributed by atoms with Crippen molar-refractivity contribution in [3.63, 3.8) is 0 Å². The first-order chi connectivity index (χ1) is 9.81. The summed E-state index contributed by atoms with van der Waals surface area (Å²) in [7, 11) is 1.84. The molecule has 1 aromatic carbocycles. The van der Waals surface area contributed by atoms with Crippen molar-refractivity contribution < 1.29 is 0 Å². The summed E-state index contributed by atoms with van der Waals surface area (Å²) >= 11 is 17.3. The van der Waals surface area contributed by atoms with Crippen LogP contribution in [0.1, 0.15) is 29.8 Å². The van der Waals surface area contributed by atoms with Gasteiger partial charge in [0.1, 0.15) is 10.8 Å². The highest BCUT2D eigenvalue weighted by Gasteiger charge is 2.19. The van der Waals surface area contributed by atoms with E-state index in [1.54, 1.807) is 10.7 Å². The molecule has 0 spiro atoms. The third-order valence-electron chi connectivity index (χ3n) is 3.25. The van der Waals surface area contributed by atoms with Crippen LogP contribution in [0.3, 0.4) is 0 Å². The monoisotopic (exact) mass is 342 g/mol. The molecule has 0 aliphatic carbocycles. The standard InChI is InChI=1S/C14H16Cl2N4S/c1-7(10-5-4-9(15)6-11(10)16)18-14-12(13(17)21)8(2)19-20(14)3/h4-7,18H,1-3H3,(H2,17,21). The fourth-order valence-corrected chi connectivity index (χ4v) is 3.07. The van der Waals surface area contributed by atoms with Crippen LogP contribution in [0.25, 0.3) is 0 Å². The minimum absolute atomic E-state index is 0.0438. The molecule has 1 atom stereocenters. The molecule has 0 amide bonds. The topological polar surface area (TPSA) is 55.9 Å². The van der Waals surface area contributed by atoms with E-state index >= 15 is 0 Å². The summed E-state index contributed by atoms with van der Waals surface area (Å²) in [4.78, 5) is 0.317. The molecular formula is C14H16Cl2N4S. The highest BCUT2D eigenvalue weighted by atomic mass is 35.5. The van der Waals surface area contributed by atoms with E-state index in [4.69, 9.17) is 41.2 Å². The smallest absolute Gasteiger partial charge is 0.135 e. The summed E-state index contributed by atoms with van der Waals surface area (Å²) < 4.78 is 1.73. The van der Waals surface area contributed by atoms with Gasteiger partial charge >= 0.3 is 0 Å². The van der Waals surface area contributed by atoms with Crippen LogP contribution in [0.4, 0.5) is 5.82 Å². The molecule has 7 heteroatoms. The summed E-state index contributed by atoms with van der Waals surface area (Å²) in [6.07, 6.45) is 0. The molecule has 0 aliphatic heterocycles. The fourth-order valence-electron chi connectivity index (χ4n) is 2.25. The Bertz CT molecular complexity index is 697. The number of thiocarbonyl (C=S) groups is 1. The second-order valence-electron chi connectivity index (χ2n) is 4.83. The zero-order valence-electron chi connectivity index (χ0n) is 11.9.